The Morgan fingerprint density at radius 3 is 3.04 bits per heavy atom. The molecule has 7 nitrogen and oxygen atoms in total. The van der Waals surface area contributed by atoms with E-state index in [0.29, 0.717) is 40.7 Å². The summed E-state index contributed by atoms with van der Waals surface area (Å²) in [5.74, 6) is 0.730. The molecule has 4 rings (SSSR count). The van der Waals surface area contributed by atoms with Crippen LogP contribution in [-0.4, -0.2) is 28.1 Å². The molecule has 3 heterocycles. The molecule has 0 radical (unpaired) electrons. The Balaban J connectivity index is 1.64. The molecule has 0 aliphatic heterocycles. The molecule has 3 aromatic rings. The maximum atomic E-state index is 12.8. The van der Waals surface area contributed by atoms with E-state index in [1.165, 1.54) is 0 Å². The minimum Gasteiger partial charge on any atom is -0.481 e. The van der Waals surface area contributed by atoms with E-state index < -0.39 is 0 Å². The molecule has 0 bridgehead atoms. The van der Waals surface area contributed by atoms with Crippen molar-refractivity contribution in [2.24, 2.45) is 0 Å². The van der Waals surface area contributed by atoms with Gasteiger partial charge in [0.2, 0.25) is 5.88 Å². The lowest BCUT2D eigenvalue weighted by molar-refractivity contribution is 0.0952. The van der Waals surface area contributed by atoms with Gasteiger partial charge < -0.3 is 14.6 Å². The summed E-state index contributed by atoms with van der Waals surface area (Å²) in [4.78, 5) is 21.5. The molecule has 0 aromatic carbocycles. The molecule has 7 heteroatoms. The average Bonchev–Trinajstić information content (AvgIpc) is 3.43. The van der Waals surface area contributed by atoms with Gasteiger partial charge in [-0.2, -0.15) is 0 Å². The summed E-state index contributed by atoms with van der Waals surface area (Å²) >= 11 is 0. The van der Waals surface area contributed by atoms with Gasteiger partial charge in [-0.3, -0.25) is 4.79 Å². The van der Waals surface area contributed by atoms with Gasteiger partial charge in [0.05, 0.1) is 23.8 Å². The van der Waals surface area contributed by atoms with Crippen molar-refractivity contribution in [3.8, 4) is 5.88 Å². The van der Waals surface area contributed by atoms with Gasteiger partial charge in [0, 0.05) is 29.9 Å². The van der Waals surface area contributed by atoms with Crippen LogP contribution in [0.25, 0.3) is 11.1 Å². The van der Waals surface area contributed by atoms with Gasteiger partial charge in [-0.15, -0.1) is 0 Å². The highest BCUT2D eigenvalue weighted by Gasteiger charge is 2.28. The second-order valence-corrected chi connectivity index (χ2v) is 6.17. The van der Waals surface area contributed by atoms with Crippen molar-refractivity contribution in [2.75, 3.05) is 7.11 Å². The van der Waals surface area contributed by atoms with Crippen LogP contribution in [0, 0.1) is 6.92 Å². The number of aryl methyl sites for hydroxylation is 1. The fourth-order valence-corrected chi connectivity index (χ4v) is 2.89. The minimum absolute atomic E-state index is 0.188. The van der Waals surface area contributed by atoms with Gasteiger partial charge in [0.1, 0.15) is 0 Å². The molecule has 1 aliphatic rings. The van der Waals surface area contributed by atoms with Gasteiger partial charge in [-0.05, 0) is 31.9 Å². The predicted octanol–water partition coefficient (Wildman–Crippen LogP) is 2.74. The van der Waals surface area contributed by atoms with E-state index in [2.05, 4.69) is 20.4 Å². The third-order valence-electron chi connectivity index (χ3n) is 4.36. The van der Waals surface area contributed by atoms with Crippen molar-refractivity contribution < 1.29 is 14.1 Å². The van der Waals surface area contributed by atoms with E-state index in [1.807, 2.05) is 25.1 Å². The molecule has 0 unspecified atom stereocenters. The lowest BCUT2D eigenvalue weighted by atomic mass is 10.1. The summed E-state index contributed by atoms with van der Waals surface area (Å²) in [6, 6.07) is 5.54. The minimum atomic E-state index is -0.188. The molecule has 1 amide bonds. The molecule has 25 heavy (non-hydrogen) atoms. The zero-order valence-corrected chi connectivity index (χ0v) is 14.1. The summed E-state index contributed by atoms with van der Waals surface area (Å²) in [5, 5.41) is 7.55. The fraction of sp³-hybridized carbons (Fsp3) is 0.333. The number of rotatable bonds is 5. The number of pyridine rings is 2. The zero-order valence-electron chi connectivity index (χ0n) is 14.1. The van der Waals surface area contributed by atoms with E-state index in [9.17, 15) is 4.79 Å². The van der Waals surface area contributed by atoms with Crippen LogP contribution in [0.1, 0.15) is 46.1 Å². The first-order chi connectivity index (χ1) is 12.2. The Morgan fingerprint density at radius 1 is 1.44 bits per heavy atom. The van der Waals surface area contributed by atoms with Crippen molar-refractivity contribution >= 4 is 17.0 Å². The van der Waals surface area contributed by atoms with Crippen LogP contribution in [0.15, 0.2) is 28.9 Å². The summed E-state index contributed by atoms with van der Waals surface area (Å²) in [7, 11) is 1.56. The van der Waals surface area contributed by atoms with Crippen molar-refractivity contribution in [2.45, 2.75) is 32.2 Å². The molecule has 3 aromatic heterocycles. The summed E-state index contributed by atoms with van der Waals surface area (Å²) in [6.45, 7) is 2.13. The van der Waals surface area contributed by atoms with E-state index in [0.717, 1.165) is 24.1 Å². The first-order valence-electron chi connectivity index (χ1n) is 8.20. The maximum Gasteiger partial charge on any atom is 0.259 e. The number of nitrogens with one attached hydrogen (secondary N) is 1. The average molecular weight is 338 g/mol. The number of hydrogen-bond donors (Lipinski definition) is 1. The Hall–Kier alpha value is -2.96. The normalized spacial score (nSPS) is 13.8. The Morgan fingerprint density at radius 2 is 2.28 bits per heavy atom. The van der Waals surface area contributed by atoms with Crippen LogP contribution in [0.2, 0.25) is 0 Å². The van der Waals surface area contributed by atoms with Crippen molar-refractivity contribution in [1.82, 2.24) is 20.4 Å². The highest BCUT2D eigenvalue weighted by Crippen LogP contribution is 2.40. The number of carbonyl (C=O) groups excluding carboxylic acids is 1. The van der Waals surface area contributed by atoms with Crippen LogP contribution in [0.5, 0.6) is 5.88 Å². The fourth-order valence-electron chi connectivity index (χ4n) is 2.89. The van der Waals surface area contributed by atoms with Gasteiger partial charge in [-0.25, -0.2) is 9.97 Å². The van der Waals surface area contributed by atoms with Crippen LogP contribution in [0.3, 0.4) is 0 Å². The summed E-state index contributed by atoms with van der Waals surface area (Å²) in [6.07, 6.45) is 3.85. The molecular weight excluding hydrogens is 320 g/mol. The first-order valence-corrected chi connectivity index (χ1v) is 8.20. The quantitative estimate of drug-likeness (QED) is 0.769. The smallest absolute Gasteiger partial charge is 0.259 e. The first kappa shape index (κ1) is 15.6. The van der Waals surface area contributed by atoms with Crippen LogP contribution in [-0.2, 0) is 6.54 Å². The highest BCUT2D eigenvalue weighted by molar-refractivity contribution is 6.06. The number of nitrogens with zero attached hydrogens (tertiary/aromatic N) is 3. The molecule has 128 valence electrons. The Labute approximate surface area is 144 Å². The van der Waals surface area contributed by atoms with Crippen LogP contribution >= 0.6 is 0 Å². The second-order valence-electron chi connectivity index (χ2n) is 6.17. The topological polar surface area (TPSA) is 90.1 Å². The van der Waals surface area contributed by atoms with Gasteiger partial charge in [-0.1, -0.05) is 11.2 Å². The number of amides is 1. The molecule has 1 fully saturated rings. The van der Waals surface area contributed by atoms with Gasteiger partial charge >= 0.3 is 0 Å². The van der Waals surface area contributed by atoms with Gasteiger partial charge in [0.15, 0.2) is 0 Å². The number of carbonyl (C=O) groups is 1. The van der Waals surface area contributed by atoms with E-state index in [1.54, 1.807) is 13.3 Å². The van der Waals surface area contributed by atoms with E-state index in [-0.39, 0.29) is 5.91 Å². The second kappa shape index (κ2) is 6.16. The molecular formula is C18H18N4O3. The van der Waals surface area contributed by atoms with E-state index in [4.69, 9.17) is 9.26 Å². The molecule has 1 saturated carbocycles. The lowest BCUT2D eigenvalue weighted by Crippen LogP contribution is -2.24. The van der Waals surface area contributed by atoms with Crippen molar-refractivity contribution in [3.63, 3.8) is 0 Å². The van der Waals surface area contributed by atoms with Crippen LogP contribution in [0.4, 0.5) is 0 Å². The maximum absolute atomic E-state index is 12.8. The monoisotopic (exact) mass is 338 g/mol. The number of aromatic nitrogens is 3. The Kier molecular flexibility index (Phi) is 3.83. The molecule has 0 saturated heterocycles. The number of methoxy groups -OCH3 is 1. The number of fused-ring (bicyclic) bond motifs is 1. The molecule has 0 spiro atoms. The van der Waals surface area contributed by atoms with Crippen LogP contribution < -0.4 is 10.1 Å². The molecule has 1 aliphatic carbocycles. The number of ether oxygens (including phenoxy) is 1. The third kappa shape index (κ3) is 2.93. The van der Waals surface area contributed by atoms with Gasteiger partial charge in [0.25, 0.3) is 11.6 Å². The lowest BCUT2D eigenvalue weighted by Gasteiger charge is -2.10. The summed E-state index contributed by atoms with van der Waals surface area (Å²) in [5.41, 5.74) is 3.34. The number of hydrogen-bond acceptors (Lipinski definition) is 6. The predicted molar refractivity (Wildman–Crippen MR) is 90.5 cm³/mol. The molecule has 1 N–H and O–H groups in total. The highest BCUT2D eigenvalue weighted by atomic mass is 16.5. The Bertz CT molecular complexity index is 947. The van der Waals surface area contributed by atoms with E-state index >= 15 is 0 Å². The summed E-state index contributed by atoms with van der Waals surface area (Å²) < 4.78 is 10.5. The van der Waals surface area contributed by atoms with Crippen molar-refractivity contribution in [1.29, 1.82) is 0 Å². The molecule has 0 atom stereocenters. The largest absolute Gasteiger partial charge is 0.481 e. The third-order valence-corrected chi connectivity index (χ3v) is 4.36. The SMILES string of the molecule is COc1ncccc1CNC(=O)c1cc(C2CC2)nc2onc(C)c12. The van der Waals surface area contributed by atoms with Crippen molar-refractivity contribution in [3.05, 3.63) is 46.9 Å². The zero-order chi connectivity index (χ0) is 17.4. The standard InChI is InChI=1S/C18H18N4O3/c1-10-15-13(8-14(11-5-6-11)21-18(15)25-22-10)16(23)20-9-12-4-3-7-19-17(12)24-2/h3-4,7-8,11H,5-6,9H2,1-2H3,(H,20,23).